The molecule has 23 heavy (non-hydrogen) atoms. The number of hydrogen-bond acceptors (Lipinski definition) is 4. The molecule has 1 amide bonds. The molecule has 1 aliphatic rings. The Morgan fingerprint density at radius 1 is 1.43 bits per heavy atom. The topological polar surface area (TPSA) is 59.8 Å². The van der Waals surface area contributed by atoms with Gasteiger partial charge < -0.3 is 5.32 Å². The van der Waals surface area contributed by atoms with E-state index < -0.39 is 0 Å². The number of nitrogens with one attached hydrogen (secondary N) is 1. The van der Waals surface area contributed by atoms with Gasteiger partial charge in [0.05, 0.1) is 17.8 Å². The third kappa shape index (κ3) is 3.08. The van der Waals surface area contributed by atoms with E-state index in [4.69, 9.17) is 0 Å². The van der Waals surface area contributed by atoms with Crippen molar-refractivity contribution < 1.29 is 4.79 Å². The fourth-order valence-electron chi connectivity index (χ4n) is 3.05. The lowest BCUT2D eigenvalue weighted by atomic mass is 10.1. The summed E-state index contributed by atoms with van der Waals surface area (Å²) in [7, 11) is 1.87. The zero-order chi connectivity index (χ0) is 16.8. The van der Waals surface area contributed by atoms with E-state index in [1.54, 1.807) is 10.9 Å². The largest absolute Gasteiger partial charge is 0.302 e. The molecule has 0 aromatic carbocycles. The number of carbonyl (C=O) groups is 1. The van der Waals surface area contributed by atoms with E-state index in [1.165, 1.54) is 16.9 Å². The number of amides is 1. The Morgan fingerprint density at radius 3 is 2.78 bits per heavy atom. The number of allylic oxidation sites excluding steroid dienone is 2. The second kappa shape index (κ2) is 5.60. The summed E-state index contributed by atoms with van der Waals surface area (Å²) in [5.41, 5.74) is 3.07. The summed E-state index contributed by atoms with van der Waals surface area (Å²) < 4.78 is 1.74. The second-order valence-electron chi connectivity index (χ2n) is 7.00. The van der Waals surface area contributed by atoms with Gasteiger partial charge in [0, 0.05) is 24.2 Å². The number of hydrogen-bond donors (Lipinski definition) is 1. The van der Waals surface area contributed by atoms with Crippen LogP contribution in [0.15, 0.2) is 29.4 Å². The number of thiazole rings is 1. The molecule has 1 saturated carbocycles. The van der Waals surface area contributed by atoms with Crippen LogP contribution in [0, 0.1) is 17.3 Å². The van der Waals surface area contributed by atoms with E-state index in [1.807, 2.05) is 18.6 Å². The van der Waals surface area contributed by atoms with Crippen molar-refractivity contribution in [3.05, 3.63) is 29.4 Å². The average Bonchev–Trinajstić information content (AvgIpc) is 2.87. The molecule has 0 spiro atoms. The fraction of sp³-hybridized carbons (Fsp3) is 0.471. The lowest BCUT2D eigenvalue weighted by Gasteiger charge is -2.02. The Bertz CT molecular complexity index is 767. The lowest BCUT2D eigenvalue weighted by Crippen LogP contribution is -2.16. The van der Waals surface area contributed by atoms with Crippen molar-refractivity contribution in [3.63, 3.8) is 0 Å². The minimum Gasteiger partial charge on any atom is -0.302 e. The average molecular weight is 330 g/mol. The number of aryl methyl sites for hydroxylation is 1. The van der Waals surface area contributed by atoms with Gasteiger partial charge in [-0.2, -0.15) is 5.10 Å². The van der Waals surface area contributed by atoms with Crippen molar-refractivity contribution in [2.45, 2.75) is 27.7 Å². The van der Waals surface area contributed by atoms with Gasteiger partial charge >= 0.3 is 0 Å². The molecular weight excluding hydrogens is 308 g/mol. The van der Waals surface area contributed by atoms with Gasteiger partial charge in [0.25, 0.3) is 0 Å². The molecule has 2 aromatic rings. The monoisotopic (exact) mass is 330 g/mol. The van der Waals surface area contributed by atoms with Gasteiger partial charge in [0.15, 0.2) is 5.13 Å². The molecule has 2 atom stereocenters. The van der Waals surface area contributed by atoms with Crippen molar-refractivity contribution in [2.75, 3.05) is 5.32 Å². The van der Waals surface area contributed by atoms with Crippen LogP contribution in [0.25, 0.3) is 11.3 Å². The molecule has 0 radical (unpaired) electrons. The first-order valence-electron chi connectivity index (χ1n) is 7.69. The normalized spacial score (nSPS) is 21.8. The smallest absolute Gasteiger partial charge is 0.230 e. The third-order valence-corrected chi connectivity index (χ3v) is 5.20. The summed E-state index contributed by atoms with van der Waals surface area (Å²) >= 11 is 1.45. The quantitative estimate of drug-likeness (QED) is 0.869. The molecular formula is C17H22N4OS. The SMILES string of the molecule is CC(C)=CC1C(C(=O)Nc2nc(-c3cnn(C)c3)cs2)C1(C)C. The Morgan fingerprint density at radius 2 is 2.17 bits per heavy atom. The van der Waals surface area contributed by atoms with E-state index in [0.717, 1.165) is 11.3 Å². The molecule has 3 rings (SSSR count). The number of aromatic nitrogens is 3. The highest BCUT2D eigenvalue weighted by molar-refractivity contribution is 7.14. The van der Waals surface area contributed by atoms with Crippen molar-refractivity contribution >= 4 is 22.4 Å². The van der Waals surface area contributed by atoms with Crippen LogP contribution in [0.2, 0.25) is 0 Å². The van der Waals surface area contributed by atoms with E-state index in [-0.39, 0.29) is 17.2 Å². The number of rotatable bonds is 4. The third-order valence-electron chi connectivity index (χ3n) is 4.44. The van der Waals surface area contributed by atoms with Crippen LogP contribution < -0.4 is 5.32 Å². The van der Waals surface area contributed by atoms with Crippen LogP contribution in [0.5, 0.6) is 0 Å². The van der Waals surface area contributed by atoms with Crippen LogP contribution >= 0.6 is 11.3 Å². The van der Waals surface area contributed by atoms with Crippen LogP contribution in [-0.2, 0) is 11.8 Å². The van der Waals surface area contributed by atoms with E-state index >= 15 is 0 Å². The maximum atomic E-state index is 12.5. The molecule has 1 aliphatic carbocycles. The minimum atomic E-state index is 0.0168. The molecule has 1 fully saturated rings. The number of nitrogens with zero attached hydrogens (tertiary/aromatic N) is 3. The van der Waals surface area contributed by atoms with Gasteiger partial charge in [-0.15, -0.1) is 11.3 Å². The van der Waals surface area contributed by atoms with Crippen molar-refractivity contribution in [2.24, 2.45) is 24.3 Å². The molecule has 0 saturated heterocycles. The zero-order valence-electron chi connectivity index (χ0n) is 14.1. The molecule has 0 bridgehead atoms. The Hall–Kier alpha value is -1.95. The minimum absolute atomic E-state index is 0.0168. The highest BCUT2D eigenvalue weighted by Crippen LogP contribution is 2.59. The predicted octanol–water partition coefficient (Wildman–Crippen LogP) is 3.72. The first-order valence-corrected chi connectivity index (χ1v) is 8.57. The van der Waals surface area contributed by atoms with E-state index in [2.05, 4.69) is 49.2 Å². The molecule has 0 aliphatic heterocycles. The van der Waals surface area contributed by atoms with Crippen LogP contribution in [-0.4, -0.2) is 20.7 Å². The maximum absolute atomic E-state index is 12.5. The molecule has 2 unspecified atom stereocenters. The lowest BCUT2D eigenvalue weighted by molar-refractivity contribution is -0.118. The van der Waals surface area contributed by atoms with Gasteiger partial charge in [-0.1, -0.05) is 25.5 Å². The number of carbonyl (C=O) groups excluding carboxylic acids is 1. The summed E-state index contributed by atoms with van der Waals surface area (Å²) in [4.78, 5) is 17.0. The van der Waals surface area contributed by atoms with Crippen molar-refractivity contribution in [1.29, 1.82) is 0 Å². The van der Waals surface area contributed by atoms with Crippen molar-refractivity contribution in [3.8, 4) is 11.3 Å². The van der Waals surface area contributed by atoms with Gasteiger partial charge in [0.2, 0.25) is 5.91 Å². The molecule has 1 N–H and O–H groups in total. The van der Waals surface area contributed by atoms with Gasteiger partial charge in [0.1, 0.15) is 0 Å². The fourth-order valence-corrected chi connectivity index (χ4v) is 3.77. The highest BCUT2D eigenvalue weighted by atomic mass is 32.1. The van der Waals surface area contributed by atoms with Crippen LogP contribution in [0.1, 0.15) is 27.7 Å². The molecule has 2 heterocycles. The van der Waals surface area contributed by atoms with Gasteiger partial charge in [-0.05, 0) is 25.2 Å². The summed E-state index contributed by atoms with van der Waals surface area (Å²) in [6.07, 6.45) is 5.89. The van der Waals surface area contributed by atoms with E-state index in [0.29, 0.717) is 11.0 Å². The Labute approximate surface area is 140 Å². The zero-order valence-corrected chi connectivity index (χ0v) is 14.9. The van der Waals surface area contributed by atoms with Crippen molar-refractivity contribution in [1.82, 2.24) is 14.8 Å². The van der Waals surface area contributed by atoms with Crippen LogP contribution in [0.3, 0.4) is 0 Å². The Balaban J connectivity index is 1.70. The van der Waals surface area contributed by atoms with Crippen LogP contribution in [0.4, 0.5) is 5.13 Å². The first kappa shape index (κ1) is 15.9. The molecule has 6 heteroatoms. The summed E-state index contributed by atoms with van der Waals surface area (Å²) in [6, 6.07) is 0. The Kier molecular flexibility index (Phi) is 3.88. The second-order valence-corrected chi connectivity index (χ2v) is 7.86. The summed E-state index contributed by atoms with van der Waals surface area (Å²) in [5.74, 6) is 0.387. The maximum Gasteiger partial charge on any atom is 0.230 e. The first-order chi connectivity index (χ1) is 10.8. The molecule has 122 valence electrons. The highest BCUT2D eigenvalue weighted by Gasteiger charge is 2.60. The standard InChI is InChI=1S/C17H22N4OS/c1-10(2)6-12-14(17(12,3)4)15(22)20-16-19-13(9-23-16)11-7-18-21(5)8-11/h6-9,12,14H,1-5H3,(H,19,20,22). The molecule has 5 nitrogen and oxygen atoms in total. The van der Waals surface area contributed by atoms with Gasteiger partial charge in [-0.3, -0.25) is 9.48 Å². The molecule has 2 aromatic heterocycles. The predicted molar refractivity (Wildman–Crippen MR) is 93.1 cm³/mol. The number of anilines is 1. The summed E-state index contributed by atoms with van der Waals surface area (Å²) in [6.45, 7) is 8.43. The van der Waals surface area contributed by atoms with E-state index in [9.17, 15) is 4.79 Å². The summed E-state index contributed by atoms with van der Waals surface area (Å²) in [5, 5.41) is 9.71. The van der Waals surface area contributed by atoms with Gasteiger partial charge in [-0.25, -0.2) is 4.98 Å².